The molecule has 124 valence electrons. The Balaban J connectivity index is 1.70. The molecule has 0 spiro atoms. The maximum Gasteiger partial charge on any atom is 0.228 e. The van der Waals surface area contributed by atoms with Gasteiger partial charge in [-0.3, -0.25) is 9.59 Å². The van der Waals surface area contributed by atoms with Gasteiger partial charge in [-0.25, -0.2) is 0 Å². The van der Waals surface area contributed by atoms with Crippen LogP contribution >= 0.6 is 11.8 Å². The van der Waals surface area contributed by atoms with E-state index in [0.29, 0.717) is 13.0 Å². The van der Waals surface area contributed by atoms with Gasteiger partial charge in [0.1, 0.15) is 11.5 Å². The zero-order valence-electron chi connectivity index (χ0n) is 13.7. The van der Waals surface area contributed by atoms with Gasteiger partial charge in [0.05, 0.1) is 0 Å². The average Bonchev–Trinajstić information content (AvgIpc) is 2.90. The lowest BCUT2D eigenvalue weighted by atomic mass is 10.2. The maximum absolute atomic E-state index is 12.2. The lowest BCUT2D eigenvalue weighted by Gasteiger charge is -2.17. The second-order valence-electron chi connectivity index (χ2n) is 5.80. The van der Waals surface area contributed by atoms with Crippen molar-refractivity contribution in [3.8, 4) is 11.5 Å². The monoisotopic (exact) mass is 341 g/mol. The molecule has 0 saturated carbocycles. The molecule has 1 unspecified atom stereocenters. The standard InChI is InChI=1S/C19H19NO3S/c1-13-5-3-4-6-18(13)23-16-9-7-15(8-10-16)20-12-17(11-19(20)22)24-14(2)21/h3-10,17H,11-12H2,1-2H3. The van der Waals surface area contributed by atoms with E-state index in [1.807, 2.05) is 55.5 Å². The van der Waals surface area contributed by atoms with Gasteiger partial charge < -0.3 is 9.64 Å². The number of hydrogen-bond acceptors (Lipinski definition) is 4. The van der Waals surface area contributed by atoms with Crippen LogP contribution in [0.25, 0.3) is 0 Å². The predicted molar refractivity (Wildman–Crippen MR) is 96.7 cm³/mol. The number of amides is 1. The Morgan fingerprint density at radius 3 is 2.54 bits per heavy atom. The summed E-state index contributed by atoms with van der Waals surface area (Å²) in [7, 11) is 0. The first kappa shape index (κ1) is 16.6. The van der Waals surface area contributed by atoms with Gasteiger partial charge in [0.2, 0.25) is 5.91 Å². The summed E-state index contributed by atoms with van der Waals surface area (Å²) < 4.78 is 5.88. The molecule has 2 aromatic carbocycles. The highest BCUT2D eigenvalue weighted by atomic mass is 32.2. The van der Waals surface area contributed by atoms with Crippen LogP contribution in [0.3, 0.4) is 0 Å². The topological polar surface area (TPSA) is 46.6 Å². The van der Waals surface area contributed by atoms with Crippen molar-refractivity contribution in [2.24, 2.45) is 0 Å². The molecule has 1 aliphatic rings. The Morgan fingerprint density at radius 2 is 1.88 bits per heavy atom. The van der Waals surface area contributed by atoms with E-state index < -0.39 is 0 Å². The number of ether oxygens (including phenoxy) is 1. The van der Waals surface area contributed by atoms with Crippen LogP contribution in [0.15, 0.2) is 48.5 Å². The minimum atomic E-state index is 0.0397. The van der Waals surface area contributed by atoms with Crippen LogP contribution in [0, 0.1) is 6.92 Å². The van der Waals surface area contributed by atoms with Crippen LogP contribution in [-0.2, 0) is 9.59 Å². The van der Waals surface area contributed by atoms with E-state index in [2.05, 4.69) is 0 Å². The summed E-state index contributed by atoms with van der Waals surface area (Å²) in [6, 6.07) is 15.3. The molecule has 0 bridgehead atoms. The quantitative estimate of drug-likeness (QED) is 0.837. The van der Waals surface area contributed by atoms with E-state index in [-0.39, 0.29) is 16.3 Å². The Morgan fingerprint density at radius 1 is 1.17 bits per heavy atom. The Bertz CT molecular complexity index is 757. The van der Waals surface area contributed by atoms with E-state index >= 15 is 0 Å². The van der Waals surface area contributed by atoms with Crippen molar-refractivity contribution in [2.45, 2.75) is 25.5 Å². The van der Waals surface area contributed by atoms with Gasteiger partial charge in [-0.15, -0.1) is 0 Å². The second-order valence-corrected chi connectivity index (χ2v) is 7.28. The number of para-hydroxylation sites is 1. The highest BCUT2D eigenvalue weighted by molar-refractivity contribution is 8.14. The van der Waals surface area contributed by atoms with Crippen LogP contribution in [-0.4, -0.2) is 22.8 Å². The SMILES string of the molecule is CC(=O)SC1CC(=O)N(c2ccc(Oc3ccccc3C)cc2)C1. The van der Waals surface area contributed by atoms with Crippen molar-refractivity contribution in [3.05, 3.63) is 54.1 Å². The van der Waals surface area contributed by atoms with E-state index in [9.17, 15) is 9.59 Å². The van der Waals surface area contributed by atoms with E-state index in [1.54, 1.807) is 4.90 Å². The number of carbonyl (C=O) groups excluding carboxylic acids is 2. The van der Waals surface area contributed by atoms with Crippen LogP contribution in [0.4, 0.5) is 5.69 Å². The first-order valence-corrected chi connectivity index (χ1v) is 8.72. The summed E-state index contributed by atoms with van der Waals surface area (Å²) in [4.78, 5) is 25.1. The van der Waals surface area contributed by atoms with Gasteiger partial charge >= 0.3 is 0 Å². The number of hydrogen-bond donors (Lipinski definition) is 0. The van der Waals surface area contributed by atoms with Gasteiger partial charge in [0.25, 0.3) is 0 Å². The molecule has 1 aliphatic heterocycles. The molecule has 0 N–H and O–H groups in total. The molecular weight excluding hydrogens is 322 g/mol. The number of benzene rings is 2. The fraction of sp³-hybridized carbons (Fsp3) is 0.263. The molecule has 4 nitrogen and oxygen atoms in total. The molecule has 3 rings (SSSR count). The molecule has 0 radical (unpaired) electrons. The lowest BCUT2D eigenvalue weighted by molar-refractivity contribution is -0.117. The van der Waals surface area contributed by atoms with Crippen LogP contribution in [0.2, 0.25) is 0 Å². The number of aryl methyl sites for hydroxylation is 1. The first-order chi connectivity index (χ1) is 11.5. The summed E-state index contributed by atoms with van der Waals surface area (Å²) >= 11 is 1.24. The Kier molecular flexibility index (Phi) is 4.90. The Hall–Kier alpha value is -2.27. The molecule has 0 aromatic heterocycles. The van der Waals surface area contributed by atoms with E-state index in [0.717, 1.165) is 22.7 Å². The number of anilines is 1. The van der Waals surface area contributed by atoms with Crippen LogP contribution in [0.1, 0.15) is 18.9 Å². The smallest absolute Gasteiger partial charge is 0.228 e. The maximum atomic E-state index is 12.2. The molecule has 1 amide bonds. The van der Waals surface area contributed by atoms with Gasteiger partial charge in [0, 0.05) is 30.8 Å². The van der Waals surface area contributed by atoms with Crippen LogP contribution < -0.4 is 9.64 Å². The molecule has 1 fully saturated rings. The third kappa shape index (κ3) is 3.79. The first-order valence-electron chi connectivity index (χ1n) is 7.84. The molecular formula is C19H19NO3S. The average molecular weight is 341 g/mol. The predicted octanol–water partition coefficient (Wildman–Crippen LogP) is 4.17. The van der Waals surface area contributed by atoms with Crippen molar-refractivity contribution in [1.82, 2.24) is 0 Å². The van der Waals surface area contributed by atoms with Gasteiger partial charge in [-0.1, -0.05) is 30.0 Å². The fourth-order valence-electron chi connectivity index (χ4n) is 2.73. The van der Waals surface area contributed by atoms with Crippen molar-refractivity contribution in [2.75, 3.05) is 11.4 Å². The van der Waals surface area contributed by atoms with Crippen molar-refractivity contribution in [1.29, 1.82) is 0 Å². The summed E-state index contributed by atoms with van der Waals surface area (Å²) in [5, 5.41) is 0.0922. The second kappa shape index (κ2) is 7.09. The fourth-order valence-corrected chi connectivity index (χ4v) is 3.65. The van der Waals surface area contributed by atoms with E-state index in [4.69, 9.17) is 4.74 Å². The molecule has 24 heavy (non-hydrogen) atoms. The number of thioether (sulfide) groups is 1. The van der Waals surface area contributed by atoms with Gasteiger partial charge in [-0.2, -0.15) is 0 Å². The summed E-state index contributed by atoms with van der Waals surface area (Å²) in [6.07, 6.45) is 0.408. The highest BCUT2D eigenvalue weighted by Gasteiger charge is 2.31. The van der Waals surface area contributed by atoms with Gasteiger partial charge in [-0.05, 0) is 42.8 Å². The molecule has 5 heteroatoms. The molecule has 0 aliphatic carbocycles. The molecule has 2 aromatic rings. The highest BCUT2D eigenvalue weighted by Crippen LogP contribution is 2.31. The molecule has 1 heterocycles. The van der Waals surface area contributed by atoms with Crippen molar-refractivity contribution in [3.63, 3.8) is 0 Å². The van der Waals surface area contributed by atoms with Crippen molar-refractivity contribution < 1.29 is 14.3 Å². The third-order valence-electron chi connectivity index (χ3n) is 3.89. The van der Waals surface area contributed by atoms with Crippen molar-refractivity contribution >= 4 is 28.5 Å². The summed E-state index contributed by atoms with van der Waals surface area (Å²) in [6.45, 7) is 4.11. The van der Waals surface area contributed by atoms with E-state index in [1.165, 1.54) is 18.7 Å². The zero-order valence-corrected chi connectivity index (χ0v) is 14.5. The Labute approximate surface area is 145 Å². The normalized spacial score (nSPS) is 17.2. The lowest BCUT2D eigenvalue weighted by Crippen LogP contribution is -2.24. The summed E-state index contributed by atoms with van der Waals surface area (Å²) in [5.41, 5.74) is 1.91. The number of carbonyl (C=O) groups is 2. The van der Waals surface area contributed by atoms with Gasteiger partial charge in [0.15, 0.2) is 5.12 Å². The molecule has 1 atom stereocenters. The summed E-state index contributed by atoms with van der Waals surface area (Å²) in [5.74, 6) is 1.61. The number of nitrogens with zero attached hydrogens (tertiary/aromatic N) is 1. The third-order valence-corrected chi connectivity index (χ3v) is 4.87. The number of rotatable bonds is 4. The minimum absolute atomic E-state index is 0.0397. The molecule has 1 saturated heterocycles. The zero-order chi connectivity index (χ0) is 17.1. The largest absolute Gasteiger partial charge is 0.457 e. The van der Waals surface area contributed by atoms with Crippen LogP contribution in [0.5, 0.6) is 11.5 Å². The minimum Gasteiger partial charge on any atom is -0.457 e.